The molecule has 0 heterocycles. The number of amides is 1. The van der Waals surface area contributed by atoms with Gasteiger partial charge in [-0.25, -0.2) is 8.42 Å². The number of ether oxygens (including phenoxy) is 1. The van der Waals surface area contributed by atoms with Crippen molar-refractivity contribution < 1.29 is 22.7 Å². The minimum atomic E-state index is -3.99. The molecule has 8 heteroatoms. The molecule has 0 aliphatic carbocycles. The van der Waals surface area contributed by atoms with Gasteiger partial charge in [0.05, 0.1) is 4.90 Å². The number of Topliss-reactive ketones (excluding diaryl/α,β-unsaturated/α-hetero) is 1. The van der Waals surface area contributed by atoms with Gasteiger partial charge in [0, 0.05) is 5.56 Å². The number of hydrogen-bond acceptors (Lipinski definition) is 5. The van der Waals surface area contributed by atoms with E-state index < -0.39 is 15.9 Å². The Labute approximate surface area is 152 Å². The van der Waals surface area contributed by atoms with Crippen molar-refractivity contribution in [2.24, 2.45) is 0 Å². The molecule has 2 aromatic carbocycles. The van der Waals surface area contributed by atoms with E-state index in [4.69, 9.17) is 4.74 Å². The molecule has 0 saturated heterocycles. The quantitative estimate of drug-likeness (QED) is 0.541. The predicted molar refractivity (Wildman–Crippen MR) is 96.2 cm³/mol. The first kappa shape index (κ1) is 19.6. The number of ketones is 1. The number of carbonyl (C=O) groups excluding carboxylic acids is 2. The van der Waals surface area contributed by atoms with Gasteiger partial charge in [-0.15, -0.1) is 4.83 Å². The van der Waals surface area contributed by atoms with Crippen molar-refractivity contribution in [2.45, 2.75) is 25.2 Å². The van der Waals surface area contributed by atoms with Gasteiger partial charge < -0.3 is 4.74 Å². The fourth-order valence-electron chi connectivity index (χ4n) is 2.07. The highest BCUT2D eigenvalue weighted by Crippen LogP contribution is 2.13. The van der Waals surface area contributed by atoms with Crippen LogP contribution in [0.1, 0.15) is 29.8 Å². The molecule has 0 aliphatic rings. The molecule has 1 amide bonds. The molecule has 0 fully saturated rings. The van der Waals surface area contributed by atoms with Crippen molar-refractivity contribution in [3.05, 3.63) is 59.7 Å². The maximum atomic E-state index is 12.2. The normalized spacial score (nSPS) is 11.0. The van der Waals surface area contributed by atoms with Gasteiger partial charge in [0.15, 0.2) is 12.4 Å². The number of benzene rings is 2. The number of sulfonamides is 1. The lowest BCUT2D eigenvalue weighted by Gasteiger charge is -2.10. The summed E-state index contributed by atoms with van der Waals surface area (Å²) in [6.07, 6.45) is 0.896. The molecule has 0 radical (unpaired) electrons. The first-order valence-corrected chi connectivity index (χ1v) is 9.43. The zero-order valence-electron chi connectivity index (χ0n) is 14.5. The molecule has 26 heavy (non-hydrogen) atoms. The molecule has 0 aromatic heterocycles. The molecule has 0 bridgehead atoms. The highest BCUT2D eigenvalue weighted by atomic mass is 32.2. The first-order chi connectivity index (χ1) is 12.3. The average Bonchev–Trinajstić information content (AvgIpc) is 2.65. The second-order valence-corrected chi connectivity index (χ2v) is 7.21. The summed E-state index contributed by atoms with van der Waals surface area (Å²) in [5.74, 6) is -0.404. The van der Waals surface area contributed by atoms with Crippen LogP contribution in [0.2, 0.25) is 0 Å². The van der Waals surface area contributed by atoms with Gasteiger partial charge in [0.2, 0.25) is 0 Å². The van der Waals surface area contributed by atoms with Gasteiger partial charge in [0.25, 0.3) is 15.9 Å². The molecular weight excluding hydrogens is 356 g/mol. The zero-order chi connectivity index (χ0) is 19.2. The van der Waals surface area contributed by atoms with E-state index in [1.807, 2.05) is 23.9 Å². The van der Waals surface area contributed by atoms with Crippen molar-refractivity contribution in [1.82, 2.24) is 10.3 Å². The third-order valence-corrected chi connectivity index (χ3v) is 4.82. The largest absolute Gasteiger partial charge is 0.484 e. The van der Waals surface area contributed by atoms with Gasteiger partial charge in [-0.2, -0.15) is 0 Å². The third kappa shape index (κ3) is 5.40. The first-order valence-electron chi connectivity index (χ1n) is 7.95. The topological polar surface area (TPSA) is 102 Å². The van der Waals surface area contributed by atoms with E-state index in [0.29, 0.717) is 5.75 Å². The van der Waals surface area contributed by atoms with Crippen molar-refractivity contribution >= 4 is 21.7 Å². The summed E-state index contributed by atoms with van der Waals surface area (Å²) in [6, 6.07) is 12.8. The van der Waals surface area contributed by atoms with E-state index in [1.54, 1.807) is 12.1 Å². The number of carbonyl (C=O) groups is 2. The van der Waals surface area contributed by atoms with E-state index in [-0.39, 0.29) is 22.8 Å². The molecule has 2 N–H and O–H groups in total. The van der Waals surface area contributed by atoms with E-state index in [9.17, 15) is 18.0 Å². The van der Waals surface area contributed by atoms with Crippen LogP contribution in [0, 0.1) is 0 Å². The Morgan fingerprint density at radius 3 is 2.38 bits per heavy atom. The number of nitrogens with one attached hydrogen (secondary N) is 2. The minimum absolute atomic E-state index is 0.124. The van der Waals surface area contributed by atoms with Crippen LogP contribution in [0.4, 0.5) is 0 Å². The summed E-state index contributed by atoms with van der Waals surface area (Å²) in [5.41, 5.74) is 3.48. The van der Waals surface area contributed by atoms with Gasteiger partial charge in [-0.3, -0.25) is 15.0 Å². The van der Waals surface area contributed by atoms with Crippen LogP contribution in [0.3, 0.4) is 0 Å². The van der Waals surface area contributed by atoms with E-state index in [0.717, 1.165) is 12.0 Å². The summed E-state index contributed by atoms with van der Waals surface area (Å²) in [7, 11) is -3.99. The molecule has 138 valence electrons. The highest BCUT2D eigenvalue weighted by Gasteiger charge is 2.16. The van der Waals surface area contributed by atoms with E-state index in [1.165, 1.54) is 31.2 Å². The number of hydrazine groups is 1. The molecule has 7 nitrogen and oxygen atoms in total. The fourth-order valence-corrected chi connectivity index (χ4v) is 2.98. The van der Waals surface area contributed by atoms with Crippen molar-refractivity contribution in [3.63, 3.8) is 0 Å². The molecule has 2 rings (SSSR count). The van der Waals surface area contributed by atoms with Crippen LogP contribution >= 0.6 is 0 Å². The molecular formula is C18H20N2O5S. The van der Waals surface area contributed by atoms with Gasteiger partial charge in [-0.05, 0) is 43.2 Å². The Morgan fingerprint density at radius 1 is 1.08 bits per heavy atom. The third-order valence-electron chi connectivity index (χ3n) is 3.58. The maximum Gasteiger partial charge on any atom is 0.272 e. The average molecular weight is 376 g/mol. The van der Waals surface area contributed by atoms with Crippen LogP contribution in [-0.4, -0.2) is 26.7 Å². The van der Waals surface area contributed by atoms with Crippen LogP contribution in [0.5, 0.6) is 5.75 Å². The minimum Gasteiger partial charge on any atom is -0.484 e. The molecule has 2 aromatic rings. The predicted octanol–water partition coefficient (Wildman–Crippen LogP) is 1.84. The van der Waals surface area contributed by atoms with Crippen LogP contribution in [-0.2, 0) is 21.2 Å². The Morgan fingerprint density at radius 2 is 1.77 bits per heavy atom. The standard InChI is InChI=1S/C18H20N2O5S/c1-3-14-7-9-16(10-8-14)25-12-18(22)19-20-26(23,24)17-6-4-5-15(11-17)13(2)21/h4-11,20H,3,12H2,1-2H3,(H,19,22). The number of aryl methyl sites for hydroxylation is 1. The lowest BCUT2D eigenvalue weighted by Crippen LogP contribution is -2.43. The number of hydrogen-bond donors (Lipinski definition) is 2. The SMILES string of the molecule is CCc1ccc(OCC(=O)NNS(=O)(=O)c2cccc(C(C)=O)c2)cc1. The Bertz CT molecular complexity index is 892. The van der Waals surface area contributed by atoms with E-state index >= 15 is 0 Å². The maximum absolute atomic E-state index is 12.2. The summed E-state index contributed by atoms with van der Waals surface area (Å²) in [6.45, 7) is 3.02. The van der Waals surface area contributed by atoms with Crippen molar-refractivity contribution in [2.75, 3.05) is 6.61 Å². The summed E-state index contributed by atoms with van der Waals surface area (Å²) >= 11 is 0. The lowest BCUT2D eigenvalue weighted by atomic mass is 10.2. The monoisotopic (exact) mass is 376 g/mol. The van der Waals surface area contributed by atoms with E-state index in [2.05, 4.69) is 5.43 Å². The molecule has 0 aliphatic heterocycles. The smallest absolute Gasteiger partial charge is 0.272 e. The van der Waals surface area contributed by atoms with Crippen molar-refractivity contribution in [3.8, 4) is 5.75 Å². The van der Waals surface area contributed by atoms with Gasteiger partial charge >= 0.3 is 0 Å². The zero-order valence-corrected chi connectivity index (χ0v) is 15.3. The highest BCUT2D eigenvalue weighted by molar-refractivity contribution is 7.89. The molecule has 0 spiro atoms. The summed E-state index contributed by atoms with van der Waals surface area (Å²) in [4.78, 5) is 25.0. The second-order valence-electron chi connectivity index (χ2n) is 5.52. The number of rotatable bonds is 8. The fraction of sp³-hybridized carbons (Fsp3) is 0.222. The van der Waals surface area contributed by atoms with Gasteiger partial charge in [-0.1, -0.05) is 31.2 Å². The van der Waals surface area contributed by atoms with Crippen LogP contribution < -0.4 is 15.0 Å². The Kier molecular flexibility index (Phi) is 6.48. The van der Waals surface area contributed by atoms with Crippen molar-refractivity contribution in [1.29, 1.82) is 0 Å². The Balaban J connectivity index is 1.91. The Hall–Kier alpha value is -2.71. The van der Waals surface area contributed by atoms with Crippen LogP contribution in [0.15, 0.2) is 53.4 Å². The molecule has 0 atom stereocenters. The van der Waals surface area contributed by atoms with Gasteiger partial charge in [0.1, 0.15) is 5.75 Å². The lowest BCUT2D eigenvalue weighted by molar-refractivity contribution is -0.123. The molecule has 0 unspecified atom stereocenters. The summed E-state index contributed by atoms with van der Waals surface area (Å²) < 4.78 is 29.7. The summed E-state index contributed by atoms with van der Waals surface area (Å²) in [5, 5.41) is 0. The van der Waals surface area contributed by atoms with Crippen LogP contribution in [0.25, 0.3) is 0 Å². The molecule has 0 saturated carbocycles. The second kappa shape index (κ2) is 8.59.